The summed E-state index contributed by atoms with van der Waals surface area (Å²) in [5.41, 5.74) is 1.07. The second-order valence-corrected chi connectivity index (χ2v) is 4.26. The van der Waals surface area contributed by atoms with Crippen LogP contribution in [-0.4, -0.2) is 17.2 Å². The van der Waals surface area contributed by atoms with Gasteiger partial charge in [0.05, 0.1) is 11.5 Å². The molecular weight excluding hydrogens is 180 g/mol. The number of aliphatic hydroxyl groups is 1. The summed E-state index contributed by atoms with van der Waals surface area (Å²) in [5.74, 6) is 0.178. The zero-order valence-electron chi connectivity index (χ0n) is 8.46. The van der Waals surface area contributed by atoms with E-state index in [-0.39, 0.29) is 5.97 Å². The van der Waals surface area contributed by atoms with Crippen molar-refractivity contribution in [3.8, 4) is 0 Å². The summed E-state index contributed by atoms with van der Waals surface area (Å²) in [6.07, 6.45) is 0.803. The van der Waals surface area contributed by atoms with E-state index in [9.17, 15) is 9.90 Å². The van der Waals surface area contributed by atoms with Crippen molar-refractivity contribution >= 4 is 5.97 Å². The molecule has 0 amide bonds. The van der Waals surface area contributed by atoms with Gasteiger partial charge in [-0.25, -0.2) is 0 Å². The van der Waals surface area contributed by atoms with Gasteiger partial charge in [0.15, 0.2) is 0 Å². The lowest BCUT2D eigenvalue weighted by molar-refractivity contribution is -0.143. The van der Waals surface area contributed by atoms with E-state index in [1.54, 1.807) is 0 Å². The van der Waals surface area contributed by atoms with Gasteiger partial charge in [0, 0.05) is 5.57 Å². The van der Waals surface area contributed by atoms with Gasteiger partial charge in [0.25, 0.3) is 0 Å². The van der Waals surface area contributed by atoms with Crippen molar-refractivity contribution in [2.45, 2.75) is 32.8 Å². The Morgan fingerprint density at radius 3 is 2.93 bits per heavy atom. The van der Waals surface area contributed by atoms with Crippen molar-refractivity contribution in [1.29, 1.82) is 0 Å². The SMILES string of the molecule is C=C1OC(=O)[C@]2(C)CC[C@H](O)C(C)=C12. The average Bonchev–Trinajstić information content (AvgIpc) is 2.33. The molecule has 0 aromatic carbocycles. The fourth-order valence-electron chi connectivity index (χ4n) is 2.38. The second kappa shape index (κ2) is 2.70. The molecule has 1 aliphatic carbocycles. The van der Waals surface area contributed by atoms with Crippen LogP contribution in [-0.2, 0) is 9.53 Å². The lowest BCUT2D eigenvalue weighted by atomic mass is 9.71. The normalized spacial score (nSPS) is 37.2. The lowest BCUT2D eigenvalue weighted by Gasteiger charge is -2.30. The van der Waals surface area contributed by atoms with Crippen LogP contribution in [0.25, 0.3) is 0 Å². The molecule has 2 aliphatic rings. The van der Waals surface area contributed by atoms with E-state index in [4.69, 9.17) is 4.74 Å². The molecule has 1 saturated heterocycles. The number of hydrogen-bond acceptors (Lipinski definition) is 3. The Bertz CT molecular complexity index is 354. The molecule has 0 saturated carbocycles. The van der Waals surface area contributed by atoms with Crippen LogP contribution >= 0.6 is 0 Å². The fourth-order valence-corrected chi connectivity index (χ4v) is 2.38. The maximum absolute atomic E-state index is 11.6. The monoisotopic (exact) mass is 194 g/mol. The third-order valence-corrected chi connectivity index (χ3v) is 3.31. The Balaban J connectivity index is 2.59. The highest BCUT2D eigenvalue weighted by atomic mass is 16.5. The van der Waals surface area contributed by atoms with Crippen LogP contribution in [0.1, 0.15) is 26.7 Å². The maximum Gasteiger partial charge on any atom is 0.321 e. The first kappa shape index (κ1) is 9.46. The summed E-state index contributed by atoms with van der Waals surface area (Å²) < 4.78 is 5.03. The van der Waals surface area contributed by atoms with Crippen LogP contribution in [0.4, 0.5) is 0 Å². The van der Waals surface area contributed by atoms with Gasteiger partial charge in [-0.05, 0) is 32.3 Å². The summed E-state index contributed by atoms with van der Waals surface area (Å²) in [6, 6.07) is 0. The first-order valence-corrected chi connectivity index (χ1v) is 4.77. The molecule has 1 aliphatic heterocycles. The van der Waals surface area contributed by atoms with Gasteiger partial charge in [0.1, 0.15) is 5.76 Å². The molecule has 1 N–H and O–H groups in total. The van der Waals surface area contributed by atoms with Gasteiger partial charge in [-0.1, -0.05) is 6.58 Å². The zero-order chi connectivity index (χ0) is 10.5. The Kier molecular flexibility index (Phi) is 1.83. The van der Waals surface area contributed by atoms with Crippen molar-refractivity contribution in [2.24, 2.45) is 5.41 Å². The molecule has 0 radical (unpaired) electrons. The number of carbonyl (C=O) groups excluding carboxylic acids is 1. The number of cyclic esters (lactones) is 1. The lowest BCUT2D eigenvalue weighted by Crippen LogP contribution is -2.32. The van der Waals surface area contributed by atoms with E-state index in [2.05, 4.69) is 6.58 Å². The third-order valence-electron chi connectivity index (χ3n) is 3.31. The minimum atomic E-state index is -0.569. The summed E-state index contributed by atoms with van der Waals surface area (Å²) >= 11 is 0. The zero-order valence-corrected chi connectivity index (χ0v) is 8.46. The molecule has 3 heteroatoms. The van der Waals surface area contributed by atoms with E-state index in [1.165, 1.54) is 0 Å². The molecule has 2 rings (SSSR count). The predicted octanol–water partition coefficient (Wildman–Crippen LogP) is 1.53. The predicted molar refractivity (Wildman–Crippen MR) is 51.3 cm³/mol. The summed E-state index contributed by atoms with van der Waals surface area (Å²) in [5, 5.41) is 9.68. The first-order chi connectivity index (χ1) is 6.47. The van der Waals surface area contributed by atoms with E-state index >= 15 is 0 Å². The van der Waals surface area contributed by atoms with Crippen LogP contribution in [0.2, 0.25) is 0 Å². The van der Waals surface area contributed by atoms with Crippen molar-refractivity contribution in [3.63, 3.8) is 0 Å². The van der Waals surface area contributed by atoms with Crippen LogP contribution < -0.4 is 0 Å². The molecule has 0 aromatic rings. The Morgan fingerprint density at radius 2 is 2.29 bits per heavy atom. The van der Waals surface area contributed by atoms with Crippen LogP contribution in [0, 0.1) is 5.41 Å². The van der Waals surface area contributed by atoms with E-state index in [0.29, 0.717) is 18.6 Å². The molecule has 1 heterocycles. The number of ether oxygens (including phenoxy) is 1. The van der Waals surface area contributed by atoms with Crippen LogP contribution in [0.3, 0.4) is 0 Å². The summed E-state index contributed by atoms with van der Waals surface area (Å²) in [7, 11) is 0. The van der Waals surface area contributed by atoms with Crippen LogP contribution in [0.15, 0.2) is 23.5 Å². The Morgan fingerprint density at radius 1 is 1.64 bits per heavy atom. The molecule has 76 valence electrons. The number of fused-ring (bicyclic) bond motifs is 1. The van der Waals surface area contributed by atoms with E-state index in [0.717, 1.165) is 11.1 Å². The maximum atomic E-state index is 11.6. The van der Waals surface area contributed by atoms with Gasteiger partial charge in [-0.2, -0.15) is 0 Å². The highest BCUT2D eigenvalue weighted by Gasteiger charge is 2.50. The molecule has 0 bridgehead atoms. The van der Waals surface area contributed by atoms with Crippen molar-refractivity contribution in [2.75, 3.05) is 0 Å². The van der Waals surface area contributed by atoms with Crippen molar-refractivity contribution in [1.82, 2.24) is 0 Å². The van der Waals surface area contributed by atoms with Gasteiger partial charge in [-0.15, -0.1) is 0 Å². The molecule has 0 spiro atoms. The quantitative estimate of drug-likeness (QED) is 0.595. The molecule has 14 heavy (non-hydrogen) atoms. The minimum Gasteiger partial charge on any atom is -0.426 e. The van der Waals surface area contributed by atoms with Crippen molar-refractivity contribution in [3.05, 3.63) is 23.5 Å². The number of esters is 1. The smallest absolute Gasteiger partial charge is 0.321 e. The molecule has 0 aromatic heterocycles. The van der Waals surface area contributed by atoms with Gasteiger partial charge in [0.2, 0.25) is 0 Å². The largest absolute Gasteiger partial charge is 0.426 e. The molecular formula is C11H14O3. The molecule has 1 fully saturated rings. The summed E-state index contributed by atoms with van der Waals surface area (Å²) in [4.78, 5) is 11.6. The van der Waals surface area contributed by atoms with Crippen molar-refractivity contribution < 1.29 is 14.6 Å². The number of allylic oxidation sites excluding steroid dienone is 1. The van der Waals surface area contributed by atoms with Gasteiger partial charge in [-0.3, -0.25) is 4.79 Å². The van der Waals surface area contributed by atoms with E-state index < -0.39 is 11.5 Å². The Hall–Kier alpha value is -1.09. The number of rotatable bonds is 0. The number of hydrogen-bond donors (Lipinski definition) is 1. The van der Waals surface area contributed by atoms with E-state index in [1.807, 2.05) is 13.8 Å². The fraction of sp³-hybridized carbons (Fsp3) is 0.545. The van der Waals surface area contributed by atoms with Gasteiger partial charge < -0.3 is 9.84 Å². The van der Waals surface area contributed by atoms with Gasteiger partial charge >= 0.3 is 5.97 Å². The number of carbonyl (C=O) groups is 1. The molecule has 0 unspecified atom stereocenters. The number of aliphatic hydroxyl groups excluding tert-OH is 1. The average molecular weight is 194 g/mol. The molecule has 2 atom stereocenters. The Labute approximate surface area is 83.1 Å². The topological polar surface area (TPSA) is 46.5 Å². The van der Waals surface area contributed by atoms with Crippen LogP contribution in [0.5, 0.6) is 0 Å². The second-order valence-electron chi connectivity index (χ2n) is 4.26. The molecule has 3 nitrogen and oxygen atoms in total. The highest BCUT2D eigenvalue weighted by molar-refractivity contribution is 5.87. The minimum absolute atomic E-state index is 0.233. The standard InChI is InChI=1S/C11H14O3/c1-6-8(12)4-5-11(3)9(6)7(2)14-10(11)13/h8,12H,2,4-5H2,1,3H3/t8-,11+/m0/s1. The first-order valence-electron chi connectivity index (χ1n) is 4.77. The highest BCUT2D eigenvalue weighted by Crippen LogP contribution is 2.49. The summed E-state index contributed by atoms with van der Waals surface area (Å²) in [6.45, 7) is 7.40. The third kappa shape index (κ3) is 0.989.